The predicted octanol–water partition coefficient (Wildman–Crippen LogP) is 2.32. The van der Waals surface area contributed by atoms with Gasteiger partial charge in [0.15, 0.2) is 5.69 Å². The second-order valence-electron chi connectivity index (χ2n) is 8.17. The van der Waals surface area contributed by atoms with Crippen LogP contribution >= 0.6 is 0 Å². The van der Waals surface area contributed by atoms with Gasteiger partial charge in [-0.3, -0.25) is 9.69 Å². The number of ether oxygens (including phenoxy) is 1. The summed E-state index contributed by atoms with van der Waals surface area (Å²) in [6, 6.07) is 14.5. The van der Waals surface area contributed by atoms with E-state index in [1.807, 2.05) is 32.0 Å². The zero-order valence-corrected chi connectivity index (χ0v) is 17.0. The van der Waals surface area contributed by atoms with Gasteiger partial charge in [-0.25, -0.2) is 4.68 Å². The molecule has 4 rings (SSSR count). The van der Waals surface area contributed by atoms with E-state index in [-0.39, 0.29) is 11.4 Å². The van der Waals surface area contributed by atoms with Gasteiger partial charge in [-0.2, -0.15) is 0 Å². The molecule has 152 valence electrons. The van der Waals surface area contributed by atoms with E-state index in [1.54, 1.807) is 10.9 Å². The second-order valence-corrected chi connectivity index (χ2v) is 8.17. The number of rotatable bonds is 6. The molecule has 0 radical (unpaired) electrons. The molecule has 1 aromatic heterocycles. The molecule has 0 spiro atoms. The molecule has 0 aliphatic carbocycles. The summed E-state index contributed by atoms with van der Waals surface area (Å²) >= 11 is 0. The number of hydrogen-bond donors (Lipinski definition) is 1. The first-order chi connectivity index (χ1) is 14.0. The Morgan fingerprint density at radius 3 is 2.72 bits per heavy atom. The average molecular weight is 393 g/mol. The summed E-state index contributed by atoms with van der Waals surface area (Å²) in [7, 11) is 0. The number of fused-ring (bicyclic) bond motifs is 1. The van der Waals surface area contributed by atoms with E-state index in [0.717, 1.165) is 38.4 Å². The number of morpholine rings is 1. The number of amides is 1. The molecule has 1 fully saturated rings. The molecule has 7 nitrogen and oxygen atoms in total. The lowest BCUT2D eigenvalue weighted by Gasteiger charge is -2.35. The summed E-state index contributed by atoms with van der Waals surface area (Å²) in [5.41, 5.74) is 1.11. The van der Waals surface area contributed by atoms with Crippen LogP contribution in [0, 0.1) is 0 Å². The molecule has 2 aromatic carbocycles. The molecule has 2 heterocycles. The van der Waals surface area contributed by atoms with Crippen molar-refractivity contribution in [2.75, 3.05) is 32.8 Å². The van der Waals surface area contributed by atoms with Gasteiger partial charge in [-0.05, 0) is 30.2 Å². The van der Waals surface area contributed by atoms with E-state index in [4.69, 9.17) is 4.74 Å². The standard InChI is InChI=1S/C22H27N5O2/c1-22(2,16-26-10-12-29-13-11-26)23-21(28)20-15-27(25-24-20)14-18-8-5-7-17-6-3-4-9-19(17)18/h3-9,15H,10-14,16H2,1-2H3,(H,23,28). The number of benzene rings is 2. The number of nitrogens with zero attached hydrogens (tertiary/aromatic N) is 4. The molecular formula is C22H27N5O2. The van der Waals surface area contributed by atoms with Gasteiger partial charge in [0.05, 0.1) is 26.0 Å². The number of hydrogen-bond acceptors (Lipinski definition) is 5. The highest BCUT2D eigenvalue weighted by atomic mass is 16.5. The van der Waals surface area contributed by atoms with Gasteiger partial charge in [0.25, 0.3) is 5.91 Å². The monoisotopic (exact) mass is 393 g/mol. The Bertz CT molecular complexity index is 986. The van der Waals surface area contributed by atoms with Gasteiger partial charge >= 0.3 is 0 Å². The lowest BCUT2D eigenvalue weighted by molar-refractivity contribution is 0.0268. The Morgan fingerprint density at radius 2 is 1.90 bits per heavy atom. The maximum Gasteiger partial charge on any atom is 0.273 e. The van der Waals surface area contributed by atoms with Gasteiger partial charge in [0.2, 0.25) is 0 Å². The second kappa shape index (κ2) is 8.31. The first-order valence-electron chi connectivity index (χ1n) is 10.00. The SMILES string of the molecule is CC(C)(CN1CCOCC1)NC(=O)c1cn(Cc2cccc3ccccc23)nn1. The summed E-state index contributed by atoms with van der Waals surface area (Å²) in [6.45, 7) is 8.66. The topological polar surface area (TPSA) is 72.3 Å². The zero-order chi connectivity index (χ0) is 20.3. The quantitative estimate of drug-likeness (QED) is 0.696. The van der Waals surface area contributed by atoms with E-state index in [9.17, 15) is 4.79 Å². The van der Waals surface area contributed by atoms with Crippen molar-refractivity contribution in [1.29, 1.82) is 0 Å². The Kier molecular flexibility index (Phi) is 5.60. The van der Waals surface area contributed by atoms with E-state index in [0.29, 0.717) is 12.2 Å². The van der Waals surface area contributed by atoms with E-state index < -0.39 is 0 Å². The summed E-state index contributed by atoms with van der Waals surface area (Å²) in [6.07, 6.45) is 1.71. The van der Waals surface area contributed by atoms with Crippen molar-refractivity contribution in [3.05, 3.63) is 59.9 Å². The fourth-order valence-electron chi connectivity index (χ4n) is 3.81. The lowest BCUT2D eigenvalue weighted by Crippen LogP contribution is -2.53. The van der Waals surface area contributed by atoms with Gasteiger partial charge in [-0.15, -0.1) is 5.10 Å². The lowest BCUT2D eigenvalue weighted by atomic mass is 10.0. The number of nitrogens with one attached hydrogen (secondary N) is 1. The largest absolute Gasteiger partial charge is 0.379 e. The molecule has 1 aliphatic rings. The molecular weight excluding hydrogens is 366 g/mol. The van der Waals surface area contributed by atoms with Crippen LogP contribution in [-0.4, -0.2) is 64.2 Å². The van der Waals surface area contributed by atoms with E-state index >= 15 is 0 Å². The third-order valence-corrected chi connectivity index (χ3v) is 5.16. The van der Waals surface area contributed by atoms with Crippen molar-refractivity contribution >= 4 is 16.7 Å². The zero-order valence-electron chi connectivity index (χ0n) is 17.0. The molecule has 7 heteroatoms. The minimum atomic E-state index is -0.367. The van der Waals surface area contributed by atoms with Gasteiger partial charge in [0.1, 0.15) is 0 Å². The number of carbonyl (C=O) groups is 1. The summed E-state index contributed by atoms with van der Waals surface area (Å²) in [4.78, 5) is 15.0. The minimum absolute atomic E-state index is 0.201. The minimum Gasteiger partial charge on any atom is -0.379 e. The van der Waals surface area contributed by atoms with E-state index in [2.05, 4.69) is 44.8 Å². The number of aromatic nitrogens is 3. The fraction of sp³-hybridized carbons (Fsp3) is 0.409. The highest BCUT2D eigenvalue weighted by Crippen LogP contribution is 2.19. The van der Waals surface area contributed by atoms with Crippen molar-refractivity contribution in [3.8, 4) is 0 Å². The number of carbonyl (C=O) groups excluding carboxylic acids is 1. The molecule has 0 saturated carbocycles. The highest BCUT2D eigenvalue weighted by molar-refractivity contribution is 5.92. The molecule has 1 saturated heterocycles. The Labute approximate surface area is 170 Å². The van der Waals surface area contributed by atoms with Crippen LogP contribution in [0.4, 0.5) is 0 Å². The first kappa shape index (κ1) is 19.5. The summed E-state index contributed by atoms with van der Waals surface area (Å²) in [5.74, 6) is -0.201. The van der Waals surface area contributed by atoms with Crippen LogP contribution in [0.25, 0.3) is 10.8 Å². The first-order valence-corrected chi connectivity index (χ1v) is 10.00. The summed E-state index contributed by atoms with van der Waals surface area (Å²) in [5, 5.41) is 13.7. The van der Waals surface area contributed by atoms with Crippen molar-refractivity contribution in [2.45, 2.75) is 25.9 Å². The fourth-order valence-corrected chi connectivity index (χ4v) is 3.81. The van der Waals surface area contributed by atoms with Crippen LogP contribution in [0.5, 0.6) is 0 Å². The van der Waals surface area contributed by atoms with E-state index in [1.165, 1.54) is 10.8 Å². The maximum atomic E-state index is 12.7. The van der Waals surface area contributed by atoms with Crippen LogP contribution < -0.4 is 5.32 Å². The van der Waals surface area contributed by atoms with Crippen LogP contribution in [0.1, 0.15) is 29.9 Å². The van der Waals surface area contributed by atoms with Crippen LogP contribution in [-0.2, 0) is 11.3 Å². The maximum absolute atomic E-state index is 12.7. The highest BCUT2D eigenvalue weighted by Gasteiger charge is 2.26. The average Bonchev–Trinajstić information content (AvgIpc) is 3.17. The molecule has 3 aromatic rings. The third-order valence-electron chi connectivity index (χ3n) is 5.16. The molecule has 1 amide bonds. The third kappa shape index (κ3) is 4.81. The molecule has 29 heavy (non-hydrogen) atoms. The van der Waals surface area contributed by atoms with Crippen LogP contribution in [0.2, 0.25) is 0 Å². The van der Waals surface area contributed by atoms with Gasteiger partial charge in [0, 0.05) is 25.2 Å². The summed E-state index contributed by atoms with van der Waals surface area (Å²) < 4.78 is 7.11. The normalized spacial score (nSPS) is 15.5. The Morgan fingerprint density at radius 1 is 1.14 bits per heavy atom. The Balaban J connectivity index is 1.42. The van der Waals surface area contributed by atoms with Crippen molar-refractivity contribution < 1.29 is 9.53 Å². The van der Waals surface area contributed by atoms with Crippen molar-refractivity contribution in [1.82, 2.24) is 25.2 Å². The molecule has 1 aliphatic heterocycles. The predicted molar refractivity (Wildman–Crippen MR) is 112 cm³/mol. The van der Waals surface area contributed by atoms with Crippen molar-refractivity contribution in [2.24, 2.45) is 0 Å². The van der Waals surface area contributed by atoms with Crippen molar-refractivity contribution in [3.63, 3.8) is 0 Å². The smallest absolute Gasteiger partial charge is 0.273 e. The van der Waals surface area contributed by atoms with Crippen LogP contribution in [0.3, 0.4) is 0 Å². The molecule has 0 bridgehead atoms. The molecule has 0 atom stereocenters. The van der Waals surface area contributed by atoms with Crippen LogP contribution in [0.15, 0.2) is 48.7 Å². The van der Waals surface area contributed by atoms with Gasteiger partial charge in [-0.1, -0.05) is 47.7 Å². The van der Waals surface area contributed by atoms with Gasteiger partial charge < -0.3 is 10.1 Å². The molecule has 0 unspecified atom stereocenters. The Hall–Kier alpha value is -2.77. The molecule has 1 N–H and O–H groups in total.